The van der Waals surface area contributed by atoms with E-state index in [2.05, 4.69) is 10.3 Å². The summed E-state index contributed by atoms with van der Waals surface area (Å²) in [7, 11) is 0. The third-order valence-corrected chi connectivity index (χ3v) is 4.88. The minimum atomic E-state index is -0.275. The molecule has 0 atom stereocenters. The molecule has 148 valence electrons. The molecule has 0 saturated heterocycles. The predicted molar refractivity (Wildman–Crippen MR) is 115 cm³/mol. The molecule has 0 fully saturated rings. The number of carbonyl (C=O) groups is 1. The minimum absolute atomic E-state index is 0.0337. The van der Waals surface area contributed by atoms with Gasteiger partial charge in [-0.25, -0.2) is 4.98 Å². The van der Waals surface area contributed by atoms with Gasteiger partial charge in [0.15, 0.2) is 0 Å². The molecule has 0 aliphatic carbocycles. The maximum Gasteiger partial charge on any atom is 0.277 e. The molecule has 2 heterocycles. The standard InChI is InChI=1S/C23H19N5O2/c1-2-27-15-25-21-19(17-6-4-3-5-7-17)13-28(22(21)23(27)30)14-20(29)26-18-10-8-16(12-24)9-11-18/h3-11,13,15H,2,14H2,1H3,(H,26,29). The zero-order valence-electron chi connectivity index (χ0n) is 16.4. The van der Waals surface area contributed by atoms with E-state index < -0.39 is 0 Å². The topological polar surface area (TPSA) is 92.7 Å². The lowest BCUT2D eigenvalue weighted by Crippen LogP contribution is -2.24. The molecule has 0 unspecified atom stereocenters. The van der Waals surface area contributed by atoms with Gasteiger partial charge in [0.2, 0.25) is 5.91 Å². The van der Waals surface area contributed by atoms with Crippen molar-refractivity contribution in [2.24, 2.45) is 0 Å². The molecule has 30 heavy (non-hydrogen) atoms. The Morgan fingerprint density at radius 3 is 2.50 bits per heavy atom. The fraction of sp³-hybridized carbons (Fsp3) is 0.130. The summed E-state index contributed by atoms with van der Waals surface area (Å²) in [5.41, 5.74) is 3.61. The highest BCUT2D eigenvalue weighted by atomic mass is 16.2. The van der Waals surface area contributed by atoms with Gasteiger partial charge in [0.1, 0.15) is 17.6 Å². The highest BCUT2D eigenvalue weighted by Crippen LogP contribution is 2.27. The average Bonchev–Trinajstić information content (AvgIpc) is 3.14. The largest absolute Gasteiger partial charge is 0.332 e. The van der Waals surface area contributed by atoms with Crippen LogP contribution in [-0.2, 0) is 17.9 Å². The lowest BCUT2D eigenvalue weighted by atomic mass is 10.1. The first-order valence-electron chi connectivity index (χ1n) is 9.54. The van der Waals surface area contributed by atoms with Gasteiger partial charge in [0, 0.05) is 24.0 Å². The summed E-state index contributed by atoms with van der Waals surface area (Å²) >= 11 is 0. The molecule has 7 heteroatoms. The first-order valence-corrected chi connectivity index (χ1v) is 9.54. The monoisotopic (exact) mass is 397 g/mol. The van der Waals surface area contributed by atoms with Crippen LogP contribution in [-0.4, -0.2) is 20.0 Å². The SMILES string of the molecule is CCn1cnc2c(-c3ccccc3)cn(CC(=O)Nc3ccc(C#N)cc3)c2c1=O. The van der Waals surface area contributed by atoms with E-state index in [1.807, 2.05) is 43.3 Å². The fourth-order valence-electron chi connectivity index (χ4n) is 3.38. The molecule has 0 aliphatic rings. The molecule has 0 saturated carbocycles. The van der Waals surface area contributed by atoms with Gasteiger partial charge in [-0.15, -0.1) is 0 Å². The minimum Gasteiger partial charge on any atom is -0.332 e. The van der Waals surface area contributed by atoms with Gasteiger partial charge >= 0.3 is 0 Å². The van der Waals surface area contributed by atoms with Crippen LogP contribution in [0.15, 0.2) is 71.9 Å². The van der Waals surface area contributed by atoms with Crippen LogP contribution in [0, 0.1) is 11.3 Å². The molecule has 0 spiro atoms. The van der Waals surface area contributed by atoms with Crippen LogP contribution < -0.4 is 10.9 Å². The molecule has 0 bridgehead atoms. The smallest absolute Gasteiger partial charge is 0.277 e. The summed E-state index contributed by atoms with van der Waals surface area (Å²) in [4.78, 5) is 30.1. The number of anilines is 1. The van der Waals surface area contributed by atoms with E-state index in [-0.39, 0.29) is 18.0 Å². The molecule has 1 amide bonds. The Morgan fingerprint density at radius 2 is 1.83 bits per heavy atom. The van der Waals surface area contributed by atoms with Crippen molar-refractivity contribution in [3.63, 3.8) is 0 Å². The molecule has 0 radical (unpaired) electrons. The number of nitriles is 1. The van der Waals surface area contributed by atoms with Crippen molar-refractivity contribution in [1.82, 2.24) is 14.1 Å². The van der Waals surface area contributed by atoms with Gasteiger partial charge in [0.25, 0.3) is 5.56 Å². The van der Waals surface area contributed by atoms with Crippen molar-refractivity contribution in [3.8, 4) is 17.2 Å². The molecule has 0 aliphatic heterocycles. The number of rotatable bonds is 5. The molecular formula is C23H19N5O2. The van der Waals surface area contributed by atoms with E-state index in [1.165, 1.54) is 10.9 Å². The maximum atomic E-state index is 13.0. The fourth-order valence-corrected chi connectivity index (χ4v) is 3.38. The second-order valence-corrected chi connectivity index (χ2v) is 6.81. The second kappa shape index (κ2) is 8.05. The van der Waals surface area contributed by atoms with Crippen molar-refractivity contribution in [2.75, 3.05) is 5.32 Å². The highest BCUT2D eigenvalue weighted by Gasteiger charge is 2.17. The Morgan fingerprint density at radius 1 is 1.10 bits per heavy atom. The number of fused-ring (bicyclic) bond motifs is 1. The summed E-state index contributed by atoms with van der Waals surface area (Å²) in [6.07, 6.45) is 3.34. The third kappa shape index (κ3) is 3.59. The Balaban J connectivity index is 1.73. The van der Waals surface area contributed by atoms with E-state index in [4.69, 9.17) is 5.26 Å². The lowest BCUT2D eigenvalue weighted by molar-refractivity contribution is -0.116. The Kier molecular flexibility index (Phi) is 5.14. The Bertz CT molecular complexity index is 1310. The van der Waals surface area contributed by atoms with Crippen LogP contribution in [0.1, 0.15) is 12.5 Å². The molecule has 2 aromatic heterocycles. The number of nitrogens with zero attached hydrogens (tertiary/aromatic N) is 4. The molecule has 1 N–H and O–H groups in total. The van der Waals surface area contributed by atoms with Crippen molar-refractivity contribution in [1.29, 1.82) is 5.26 Å². The predicted octanol–water partition coefficient (Wildman–Crippen LogP) is 3.40. The van der Waals surface area contributed by atoms with E-state index in [0.29, 0.717) is 28.8 Å². The molecule has 4 rings (SSSR count). The van der Waals surface area contributed by atoms with Gasteiger partial charge in [-0.1, -0.05) is 30.3 Å². The van der Waals surface area contributed by atoms with Crippen molar-refractivity contribution in [3.05, 3.63) is 83.0 Å². The Hall–Kier alpha value is -4.18. The quantitative estimate of drug-likeness (QED) is 0.559. The number of amides is 1. The van der Waals surface area contributed by atoms with Crippen molar-refractivity contribution in [2.45, 2.75) is 20.0 Å². The summed E-state index contributed by atoms with van der Waals surface area (Å²) in [5, 5.41) is 11.7. The summed E-state index contributed by atoms with van der Waals surface area (Å²) in [6.45, 7) is 2.33. The normalized spacial score (nSPS) is 10.7. The highest BCUT2D eigenvalue weighted by molar-refractivity contribution is 5.95. The van der Waals surface area contributed by atoms with E-state index >= 15 is 0 Å². The van der Waals surface area contributed by atoms with Gasteiger partial charge in [-0.2, -0.15) is 5.26 Å². The Labute approximate surface area is 172 Å². The van der Waals surface area contributed by atoms with Crippen LogP contribution in [0.5, 0.6) is 0 Å². The van der Waals surface area contributed by atoms with Crippen LogP contribution >= 0.6 is 0 Å². The zero-order chi connectivity index (χ0) is 21.1. The van der Waals surface area contributed by atoms with Crippen LogP contribution in [0.3, 0.4) is 0 Å². The van der Waals surface area contributed by atoms with Gasteiger partial charge in [-0.05, 0) is 36.8 Å². The third-order valence-electron chi connectivity index (χ3n) is 4.88. The molecular weight excluding hydrogens is 378 g/mol. The van der Waals surface area contributed by atoms with Crippen molar-refractivity contribution >= 4 is 22.6 Å². The van der Waals surface area contributed by atoms with Gasteiger partial charge < -0.3 is 9.88 Å². The van der Waals surface area contributed by atoms with Gasteiger partial charge in [-0.3, -0.25) is 14.2 Å². The summed E-state index contributed by atoms with van der Waals surface area (Å²) in [6, 6.07) is 18.3. The summed E-state index contributed by atoms with van der Waals surface area (Å²) in [5.74, 6) is -0.275. The number of hydrogen-bond donors (Lipinski definition) is 1. The number of nitrogens with one attached hydrogen (secondary N) is 1. The van der Waals surface area contributed by atoms with Crippen molar-refractivity contribution < 1.29 is 4.79 Å². The average molecular weight is 397 g/mol. The number of hydrogen-bond acceptors (Lipinski definition) is 4. The number of aryl methyl sites for hydroxylation is 1. The zero-order valence-corrected chi connectivity index (χ0v) is 16.4. The molecule has 7 nitrogen and oxygen atoms in total. The van der Waals surface area contributed by atoms with Gasteiger partial charge in [0.05, 0.1) is 18.0 Å². The second-order valence-electron chi connectivity index (χ2n) is 6.81. The van der Waals surface area contributed by atoms with E-state index in [0.717, 1.165) is 11.1 Å². The molecule has 2 aromatic carbocycles. The van der Waals surface area contributed by atoms with E-state index in [1.54, 1.807) is 35.0 Å². The maximum absolute atomic E-state index is 13.0. The lowest BCUT2D eigenvalue weighted by Gasteiger charge is -2.08. The molecule has 4 aromatic rings. The first kappa shape index (κ1) is 19.2. The number of carbonyl (C=O) groups excluding carboxylic acids is 1. The summed E-state index contributed by atoms with van der Waals surface area (Å²) < 4.78 is 3.17. The number of benzene rings is 2. The van der Waals surface area contributed by atoms with Crippen LogP contribution in [0.25, 0.3) is 22.2 Å². The number of aromatic nitrogens is 3. The first-order chi connectivity index (χ1) is 14.6. The van der Waals surface area contributed by atoms with Crippen LogP contribution in [0.2, 0.25) is 0 Å². The van der Waals surface area contributed by atoms with E-state index in [9.17, 15) is 9.59 Å². The van der Waals surface area contributed by atoms with Crippen LogP contribution in [0.4, 0.5) is 5.69 Å².